The van der Waals surface area contributed by atoms with Gasteiger partial charge >= 0.3 is 0 Å². The van der Waals surface area contributed by atoms with Crippen LogP contribution in [0, 0.1) is 17.2 Å². The third-order valence-corrected chi connectivity index (χ3v) is 2.37. The summed E-state index contributed by atoms with van der Waals surface area (Å²) in [6.45, 7) is 4.12. The number of rotatable bonds is 4. The first-order chi connectivity index (χ1) is 4.31. The Hall–Kier alpha value is -0.160. The number of hydrogen-bond acceptors (Lipinski definition) is 2. The second-order valence-electron chi connectivity index (χ2n) is 2.11. The van der Waals surface area contributed by atoms with Gasteiger partial charge in [0.15, 0.2) is 0 Å². The zero-order valence-electron chi connectivity index (χ0n) is 6.05. The van der Waals surface area contributed by atoms with E-state index in [0.29, 0.717) is 0 Å². The van der Waals surface area contributed by atoms with E-state index in [4.69, 9.17) is 5.26 Å². The highest BCUT2D eigenvalue weighted by atomic mass is 32.2. The van der Waals surface area contributed by atoms with Crippen LogP contribution in [0.15, 0.2) is 0 Å². The maximum atomic E-state index is 8.37. The maximum Gasteiger partial charge on any atom is 0.0661 e. The predicted molar refractivity (Wildman–Crippen MR) is 42.4 cm³/mol. The van der Waals surface area contributed by atoms with Crippen LogP contribution in [0.1, 0.15) is 20.3 Å². The minimum atomic E-state index is 0.224. The average molecular weight is 143 g/mol. The van der Waals surface area contributed by atoms with Crippen molar-refractivity contribution in [2.24, 2.45) is 5.92 Å². The van der Waals surface area contributed by atoms with E-state index in [1.165, 1.54) is 12.2 Å². The van der Waals surface area contributed by atoms with E-state index in [0.717, 1.165) is 5.75 Å². The topological polar surface area (TPSA) is 23.8 Å². The molecule has 0 aliphatic carbocycles. The zero-order chi connectivity index (χ0) is 7.11. The van der Waals surface area contributed by atoms with Crippen molar-refractivity contribution in [3.05, 3.63) is 0 Å². The maximum absolute atomic E-state index is 8.37. The van der Waals surface area contributed by atoms with Crippen LogP contribution < -0.4 is 0 Å². The van der Waals surface area contributed by atoms with Gasteiger partial charge in [-0.1, -0.05) is 6.92 Å². The first-order valence-corrected chi connectivity index (χ1v) is 4.44. The van der Waals surface area contributed by atoms with Gasteiger partial charge in [-0.25, -0.2) is 0 Å². The van der Waals surface area contributed by atoms with E-state index in [1.807, 2.05) is 18.7 Å². The molecule has 1 nitrogen and oxygen atoms in total. The number of nitrogens with zero attached hydrogens (tertiary/aromatic N) is 1. The summed E-state index contributed by atoms with van der Waals surface area (Å²) in [7, 11) is 0. The van der Waals surface area contributed by atoms with Gasteiger partial charge in [0.25, 0.3) is 0 Å². The van der Waals surface area contributed by atoms with Crippen LogP contribution in [0.25, 0.3) is 0 Å². The summed E-state index contributed by atoms with van der Waals surface area (Å²) < 4.78 is 0. The van der Waals surface area contributed by atoms with Crippen molar-refractivity contribution in [1.29, 1.82) is 5.26 Å². The molecule has 0 amide bonds. The molecule has 0 fully saturated rings. The highest BCUT2D eigenvalue weighted by Crippen LogP contribution is 2.07. The Morgan fingerprint density at radius 1 is 1.67 bits per heavy atom. The van der Waals surface area contributed by atoms with Crippen molar-refractivity contribution in [2.75, 3.05) is 11.5 Å². The SMILES string of the molecule is CCCSCC(C)C#N. The highest BCUT2D eigenvalue weighted by Gasteiger charge is 1.96. The lowest BCUT2D eigenvalue weighted by Crippen LogP contribution is -1.93. The molecule has 1 atom stereocenters. The molecule has 0 saturated heterocycles. The summed E-state index contributed by atoms with van der Waals surface area (Å²) in [6, 6.07) is 2.20. The lowest BCUT2D eigenvalue weighted by Gasteiger charge is -1.98. The molecule has 9 heavy (non-hydrogen) atoms. The second-order valence-corrected chi connectivity index (χ2v) is 3.25. The first kappa shape index (κ1) is 8.84. The summed E-state index contributed by atoms with van der Waals surface area (Å²) in [5, 5.41) is 8.37. The molecule has 0 N–H and O–H groups in total. The van der Waals surface area contributed by atoms with Crippen LogP contribution in [0.5, 0.6) is 0 Å². The Kier molecular flexibility index (Phi) is 5.86. The van der Waals surface area contributed by atoms with Crippen LogP contribution >= 0.6 is 11.8 Å². The third-order valence-electron chi connectivity index (χ3n) is 0.937. The van der Waals surface area contributed by atoms with Crippen LogP contribution in [0.2, 0.25) is 0 Å². The van der Waals surface area contributed by atoms with Gasteiger partial charge in [0, 0.05) is 5.75 Å². The van der Waals surface area contributed by atoms with Crippen molar-refractivity contribution in [3.63, 3.8) is 0 Å². The van der Waals surface area contributed by atoms with Gasteiger partial charge in [0.2, 0.25) is 0 Å². The fourth-order valence-electron chi connectivity index (χ4n) is 0.442. The number of nitriles is 1. The molecule has 0 aromatic carbocycles. The molecular weight excluding hydrogens is 130 g/mol. The van der Waals surface area contributed by atoms with E-state index >= 15 is 0 Å². The van der Waals surface area contributed by atoms with Crippen LogP contribution in [-0.4, -0.2) is 11.5 Å². The fraction of sp³-hybridized carbons (Fsp3) is 0.857. The van der Waals surface area contributed by atoms with Crippen LogP contribution in [0.4, 0.5) is 0 Å². The monoisotopic (exact) mass is 143 g/mol. The van der Waals surface area contributed by atoms with Gasteiger partial charge in [-0.2, -0.15) is 17.0 Å². The molecule has 52 valence electrons. The third kappa shape index (κ3) is 5.72. The summed E-state index contributed by atoms with van der Waals surface area (Å²) in [4.78, 5) is 0. The molecular formula is C7H13NS. The van der Waals surface area contributed by atoms with E-state index < -0.39 is 0 Å². The molecule has 0 spiro atoms. The first-order valence-electron chi connectivity index (χ1n) is 3.28. The number of hydrogen-bond donors (Lipinski definition) is 0. The van der Waals surface area contributed by atoms with Gasteiger partial charge in [0.1, 0.15) is 0 Å². The van der Waals surface area contributed by atoms with E-state index in [-0.39, 0.29) is 5.92 Å². The Labute approximate surface area is 61.4 Å². The van der Waals surface area contributed by atoms with Crippen LogP contribution in [0.3, 0.4) is 0 Å². The summed E-state index contributed by atoms with van der Waals surface area (Å²) >= 11 is 1.86. The summed E-state index contributed by atoms with van der Waals surface area (Å²) in [6.07, 6.45) is 1.21. The van der Waals surface area contributed by atoms with Gasteiger partial charge in [0.05, 0.1) is 12.0 Å². The normalized spacial score (nSPS) is 12.6. The van der Waals surface area contributed by atoms with Gasteiger partial charge in [-0.3, -0.25) is 0 Å². The van der Waals surface area contributed by atoms with E-state index in [9.17, 15) is 0 Å². The van der Waals surface area contributed by atoms with Crippen molar-refractivity contribution in [1.82, 2.24) is 0 Å². The number of thioether (sulfide) groups is 1. The molecule has 2 heteroatoms. The molecule has 0 rings (SSSR count). The molecule has 0 aromatic heterocycles. The molecule has 0 radical (unpaired) electrons. The Balaban J connectivity index is 2.99. The zero-order valence-corrected chi connectivity index (χ0v) is 6.87. The van der Waals surface area contributed by atoms with Crippen molar-refractivity contribution >= 4 is 11.8 Å². The Morgan fingerprint density at radius 2 is 2.33 bits per heavy atom. The summed E-state index contributed by atoms with van der Waals surface area (Å²) in [5.74, 6) is 2.40. The van der Waals surface area contributed by atoms with Gasteiger partial charge in [-0.15, -0.1) is 0 Å². The molecule has 0 heterocycles. The van der Waals surface area contributed by atoms with E-state index in [2.05, 4.69) is 13.0 Å². The summed E-state index contributed by atoms with van der Waals surface area (Å²) in [5.41, 5.74) is 0. The fourth-order valence-corrected chi connectivity index (χ4v) is 1.33. The molecule has 0 aliphatic heterocycles. The van der Waals surface area contributed by atoms with Crippen molar-refractivity contribution in [3.8, 4) is 6.07 Å². The van der Waals surface area contributed by atoms with Crippen LogP contribution in [-0.2, 0) is 0 Å². The highest BCUT2D eigenvalue weighted by molar-refractivity contribution is 7.99. The van der Waals surface area contributed by atoms with Crippen molar-refractivity contribution in [2.45, 2.75) is 20.3 Å². The quantitative estimate of drug-likeness (QED) is 0.564. The molecule has 0 bridgehead atoms. The minimum Gasteiger partial charge on any atom is -0.198 e. The minimum absolute atomic E-state index is 0.224. The Morgan fingerprint density at radius 3 is 2.78 bits per heavy atom. The lowest BCUT2D eigenvalue weighted by atomic mass is 10.3. The smallest absolute Gasteiger partial charge is 0.0661 e. The predicted octanol–water partition coefficient (Wildman–Crippen LogP) is 2.29. The standard InChI is InChI=1S/C7H13NS/c1-3-4-9-6-7(2)5-8/h7H,3-4,6H2,1-2H3. The largest absolute Gasteiger partial charge is 0.198 e. The second kappa shape index (κ2) is 5.97. The lowest BCUT2D eigenvalue weighted by molar-refractivity contribution is 0.862. The average Bonchev–Trinajstić information content (AvgIpc) is 1.89. The molecule has 0 aromatic rings. The van der Waals surface area contributed by atoms with Crippen molar-refractivity contribution < 1.29 is 0 Å². The molecule has 0 saturated carbocycles. The van der Waals surface area contributed by atoms with Gasteiger partial charge < -0.3 is 0 Å². The van der Waals surface area contributed by atoms with E-state index in [1.54, 1.807) is 0 Å². The molecule has 0 aliphatic rings. The molecule has 1 unspecified atom stereocenters. The van der Waals surface area contributed by atoms with Gasteiger partial charge in [-0.05, 0) is 19.1 Å². The Bertz CT molecular complexity index is 95.6.